The highest BCUT2D eigenvalue weighted by molar-refractivity contribution is 6.31. The predicted molar refractivity (Wildman–Crippen MR) is 70.3 cm³/mol. The Hall–Kier alpha value is -1.35. The van der Waals surface area contributed by atoms with Gasteiger partial charge in [-0.2, -0.15) is 0 Å². The van der Waals surface area contributed by atoms with Gasteiger partial charge in [0, 0.05) is 12.5 Å². The molecule has 0 spiro atoms. The van der Waals surface area contributed by atoms with Gasteiger partial charge in [0.25, 0.3) is 5.82 Å². The molecular weight excluding hydrogens is 251 g/mol. The molecule has 4 heteroatoms. The monoisotopic (exact) mass is 267 g/mol. The summed E-state index contributed by atoms with van der Waals surface area (Å²) in [6.45, 7) is 6.71. The van der Waals surface area contributed by atoms with Crippen molar-refractivity contribution in [1.82, 2.24) is 4.57 Å². The maximum absolute atomic E-state index is 13.7. The van der Waals surface area contributed by atoms with Crippen LogP contribution in [0.4, 0.5) is 4.39 Å². The largest absolute Gasteiger partial charge is 0.253 e. The van der Waals surface area contributed by atoms with E-state index in [2.05, 4.69) is 18.4 Å². The minimum Gasteiger partial charge on any atom is -0.232 e. The lowest BCUT2D eigenvalue weighted by Gasteiger charge is -2.06. The SMILES string of the molecule is Cc1n(C(C)C)cc[n+]1Cc1c(F)cccc1Cl. The predicted octanol–water partition coefficient (Wildman–Crippen LogP) is 3.51. The molecule has 1 aromatic heterocycles. The molecule has 0 bridgehead atoms. The van der Waals surface area contributed by atoms with E-state index in [0.29, 0.717) is 23.2 Å². The highest BCUT2D eigenvalue weighted by atomic mass is 35.5. The van der Waals surface area contributed by atoms with Gasteiger partial charge in [0.15, 0.2) is 0 Å². The standard InChI is InChI=1S/C14H17ClFN2/c1-10(2)18-8-7-17(11(18)3)9-12-13(15)5-4-6-14(12)16/h4-8,10H,9H2,1-3H3/q+1. The number of imidazole rings is 1. The van der Waals surface area contributed by atoms with Gasteiger partial charge < -0.3 is 0 Å². The number of hydrogen-bond acceptors (Lipinski definition) is 0. The van der Waals surface area contributed by atoms with E-state index in [0.717, 1.165) is 5.82 Å². The number of nitrogens with zero attached hydrogens (tertiary/aromatic N) is 2. The zero-order valence-electron chi connectivity index (χ0n) is 10.8. The third kappa shape index (κ3) is 2.41. The molecule has 0 aliphatic heterocycles. The van der Waals surface area contributed by atoms with Crippen LogP contribution in [0.1, 0.15) is 31.3 Å². The van der Waals surface area contributed by atoms with Gasteiger partial charge in [-0.05, 0) is 26.0 Å². The van der Waals surface area contributed by atoms with Gasteiger partial charge in [-0.15, -0.1) is 0 Å². The minimum atomic E-state index is -0.258. The fraction of sp³-hybridized carbons (Fsp3) is 0.357. The molecule has 0 N–H and O–H groups in total. The number of rotatable bonds is 3. The Kier molecular flexibility index (Phi) is 3.71. The number of hydrogen-bond donors (Lipinski definition) is 0. The van der Waals surface area contributed by atoms with Crippen molar-refractivity contribution in [2.24, 2.45) is 0 Å². The molecule has 96 valence electrons. The zero-order valence-corrected chi connectivity index (χ0v) is 11.6. The first kappa shape index (κ1) is 13.1. The van der Waals surface area contributed by atoms with Gasteiger partial charge in [-0.25, -0.2) is 13.5 Å². The maximum atomic E-state index is 13.7. The molecule has 2 aromatic rings. The van der Waals surface area contributed by atoms with Crippen LogP contribution in [0.25, 0.3) is 0 Å². The van der Waals surface area contributed by atoms with E-state index in [1.54, 1.807) is 12.1 Å². The number of benzene rings is 1. The third-order valence-corrected chi connectivity index (χ3v) is 3.50. The number of aromatic nitrogens is 2. The second-order valence-electron chi connectivity index (χ2n) is 4.67. The molecular formula is C14H17ClFN2+. The first-order valence-electron chi connectivity index (χ1n) is 6.00. The Balaban J connectivity index is 2.35. The zero-order chi connectivity index (χ0) is 13.3. The van der Waals surface area contributed by atoms with Gasteiger partial charge in [-0.3, -0.25) is 0 Å². The summed E-state index contributed by atoms with van der Waals surface area (Å²) in [6, 6.07) is 5.17. The normalized spacial score (nSPS) is 11.2. The molecule has 0 saturated heterocycles. The molecule has 1 aromatic carbocycles. The minimum absolute atomic E-state index is 0.258. The molecule has 0 amide bonds. The lowest BCUT2D eigenvalue weighted by Crippen LogP contribution is -2.36. The first-order chi connectivity index (χ1) is 8.50. The first-order valence-corrected chi connectivity index (χ1v) is 6.38. The van der Waals surface area contributed by atoms with Crippen LogP contribution in [-0.2, 0) is 6.54 Å². The van der Waals surface area contributed by atoms with E-state index in [1.807, 2.05) is 23.9 Å². The van der Waals surface area contributed by atoms with Gasteiger partial charge in [0.05, 0.1) is 11.1 Å². The van der Waals surface area contributed by atoms with Gasteiger partial charge in [0.1, 0.15) is 24.8 Å². The Morgan fingerprint density at radius 1 is 1.39 bits per heavy atom. The van der Waals surface area contributed by atoms with Crippen LogP contribution in [0.2, 0.25) is 5.02 Å². The Labute approximate surface area is 112 Å². The van der Waals surface area contributed by atoms with E-state index < -0.39 is 0 Å². The fourth-order valence-corrected chi connectivity index (χ4v) is 2.31. The van der Waals surface area contributed by atoms with Crippen LogP contribution < -0.4 is 4.57 Å². The van der Waals surface area contributed by atoms with E-state index >= 15 is 0 Å². The Morgan fingerprint density at radius 3 is 2.67 bits per heavy atom. The number of halogens is 2. The highest BCUT2D eigenvalue weighted by Gasteiger charge is 2.17. The van der Waals surface area contributed by atoms with Crippen molar-refractivity contribution in [2.75, 3.05) is 0 Å². The van der Waals surface area contributed by atoms with Crippen molar-refractivity contribution < 1.29 is 8.96 Å². The Morgan fingerprint density at radius 2 is 2.11 bits per heavy atom. The topological polar surface area (TPSA) is 8.81 Å². The summed E-state index contributed by atoms with van der Waals surface area (Å²) in [6.07, 6.45) is 3.97. The molecule has 0 saturated carbocycles. The van der Waals surface area contributed by atoms with Crippen LogP contribution in [0.3, 0.4) is 0 Å². The quantitative estimate of drug-likeness (QED) is 0.753. The highest BCUT2D eigenvalue weighted by Crippen LogP contribution is 2.18. The van der Waals surface area contributed by atoms with Gasteiger partial charge in [0.2, 0.25) is 0 Å². The maximum Gasteiger partial charge on any atom is 0.253 e. The van der Waals surface area contributed by atoms with Crippen LogP contribution in [-0.4, -0.2) is 4.57 Å². The molecule has 0 aliphatic carbocycles. The molecule has 18 heavy (non-hydrogen) atoms. The van der Waals surface area contributed by atoms with Crippen molar-refractivity contribution in [3.8, 4) is 0 Å². The molecule has 0 unspecified atom stereocenters. The second-order valence-corrected chi connectivity index (χ2v) is 5.08. The molecule has 2 nitrogen and oxygen atoms in total. The lowest BCUT2D eigenvalue weighted by atomic mass is 10.2. The van der Waals surface area contributed by atoms with Crippen molar-refractivity contribution in [3.05, 3.63) is 52.8 Å². The van der Waals surface area contributed by atoms with Crippen LogP contribution in [0.5, 0.6) is 0 Å². The smallest absolute Gasteiger partial charge is 0.232 e. The van der Waals surface area contributed by atoms with Crippen molar-refractivity contribution in [1.29, 1.82) is 0 Å². The second kappa shape index (κ2) is 5.11. The van der Waals surface area contributed by atoms with E-state index in [-0.39, 0.29) is 5.82 Å². The van der Waals surface area contributed by atoms with Gasteiger partial charge in [-0.1, -0.05) is 17.7 Å². The average Bonchev–Trinajstić information content (AvgIpc) is 2.66. The molecule has 0 radical (unpaired) electrons. The van der Waals surface area contributed by atoms with Crippen molar-refractivity contribution >= 4 is 11.6 Å². The summed E-state index contributed by atoms with van der Waals surface area (Å²) in [7, 11) is 0. The van der Waals surface area contributed by atoms with Crippen LogP contribution in [0, 0.1) is 12.7 Å². The van der Waals surface area contributed by atoms with E-state index in [9.17, 15) is 4.39 Å². The Bertz CT molecular complexity index is 541. The van der Waals surface area contributed by atoms with Crippen LogP contribution in [0.15, 0.2) is 30.6 Å². The lowest BCUT2D eigenvalue weighted by molar-refractivity contribution is -0.694. The van der Waals surface area contributed by atoms with Crippen molar-refractivity contribution in [3.63, 3.8) is 0 Å². The summed E-state index contributed by atoms with van der Waals surface area (Å²) in [5, 5.41) is 0.471. The van der Waals surface area contributed by atoms with Gasteiger partial charge >= 0.3 is 0 Å². The average molecular weight is 268 g/mol. The van der Waals surface area contributed by atoms with E-state index in [1.165, 1.54) is 6.07 Å². The summed E-state index contributed by atoms with van der Waals surface area (Å²) in [4.78, 5) is 0. The summed E-state index contributed by atoms with van der Waals surface area (Å²) < 4.78 is 17.9. The third-order valence-electron chi connectivity index (χ3n) is 3.14. The fourth-order valence-electron chi connectivity index (χ4n) is 2.08. The summed E-state index contributed by atoms with van der Waals surface area (Å²) in [5.41, 5.74) is 0.536. The molecule has 0 atom stereocenters. The van der Waals surface area contributed by atoms with E-state index in [4.69, 9.17) is 11.6 Å². The molecule has 2 rings (SSSR count). The molecule has 0 aliphatic rings. The summed E-state index contributed by atoms with van der Waals surface area (Å²) in [5.74, 6) is 0.830. The summed E-state index contributed by atoms with van der Waals surface area (Å²) >= 11 is 6.04. The molecule has 1 heterocycles. The van der Waals surface area contributed by atoms with Crippen molar-refractivity contribution in [2.45, 2.75) is 33.4 Å². The van der Waals surface area contributed by atoms with Crippen LogP contribution >= 0.6 is 11.6 Å². The molecule has 0 fully saturated rings.